The van der Waals surface area contributed by atoms with Gasteiger partial charge in [-0.1, -0.05) is 17.4 Å². The highest BCUT2D eigenvalue weighted by atomic mass is 32.1. The third kappa shape index (κ3) is 2.54. The Hall–Kier alpha value is -1.17. The molecule has 0 radical (unpaired) electrons. The number of thiazole rings is 1. The molecule has 5 heteroatoms. The molecule has 2 bridgehead atoms. The topological polar surface area (TPSA) is 45.4 Å². The van der Waals surface area contributed by atoms with E-state index >= 15 is 0 Å². The van der Waals surface area contributed by atoms with E-state index in [1.54, 1.807) is 11.3 Å². The molecule has 2 aromatic rings. The van der Waals surface area contributed by atoms with Gasteiger partial charge in [0.25, 0.3) is 0 Å². The van der Waals surface area contributed by atoms with Gasteiger partial charge < -0.3 is 5.73 Å². The molecule has 0 amide bonds. The minimum atomic E-state index is 0.663. The van der Waals surface area contributed by atoms with Gasteiger partial charge >= 0.3 is 0 Å². The first-order chi connectivity index (χ1) is 10.2. The maximum absolute atomic E-state index is 5.79. The van der Waals surface area contributed by atoms with Crippen LogP contribution in [0.5, 0.6) is 0 Å². The lowest BCUT2D eigenvalue weighted by atomic mass is 10.1. The van der Waals surface area contributed by atoms with Crippen LogP contribution in [0.3, 0.4) is 0 Å². The van der Waals surface area contributed by atoms with Crippen molar-refractivity contribution in [2.75, 3.05) is 25.9 Å². The van der Waals surface area contributed by atoms with Crippen LogP contribution in [0.1, 0.15) is 24.8 Å². The second-order valence-corrected chi connectivity index (χ2v) is 7.49. The fourth-order valence-corrected chi connectivity index (χ4v) is 4.66. The van der Waals surface area contributed by atoms with Gasteiger partial charge in [0.05, 0.1) is 10.2 Å². The largest absolute Gasteiger partial charge is 0.375 e. The van der Waals surface area contributed by atoms with E-state index in [2.05, 4.69) is 40.0 Å². The lowest BCUT2D eigenvalue weighted by Crippen LogP contribution is -2.36. The lowest BCUT2D eigenvalue weighted by Gasteiger charge is -2.25. The van der Waals surface area contributed by atoms with Crippen LogP contribution in [-0.2, 0) is 6.54 Å². The Kier molecular flexibility index (Phi) is 3.36. The quantitative estimate of drug-likeness (QED) is 0.926. The third-order valence-electron chi connectivity index (χ3n) is 5.11. The molecule has 1 aromatic carbocycles. The second-order valence-electron chi connectivity index (χ2n) is 6.43. The maximum Gasteiger partial charge on any atom is 0.181 e. The van der Waals surface area contributed by atoms with Gasteiger partial charge in [-0.15, -0.1) is 0 Å². The fraction of sp³-hybridized carbons (Fsp3) is 0.562. The minimum Gasteiger partial charge on any atom is -0.375 e. The summed E-state index contributed by atoms with van der Waals surface area (Å²) in [5.74, 6) is 0. The molecule has 1 aromatic heterocycles. The van der Waals surface area contributed by atoms with Crippen LogP contribution < -0.4 is 5.73 Å². The summed E-state index contributed by atoms with van der Waals surface area (Å²) in [4.78, 5) is 9.55. The summed E-state index contributed by atoms with van der Waals surface area (Å²) in [5.41, 5.74) is 8.20. The Bertz CT molecular complexity index is 653. The normalized spacial score (nSPS) is 27.3. The zero-order valence-corrected chi connectivity index (χ0v) is 13.3. The molecule has 4 nitrogen and oxygen atoms in total. The van der Waals surface area contributed by atoms with Crippen molar-refractivity contribution < 1.29 is 0 Å². The molecule has 0 spiro atoms. The fourth-order valence-electron chi connectivity index (χ4n) is 3.87. The third-order valence-corrected chi connectivity index (χ3v) is 5.96. The van der Waals surface area contributed by atoms with E-state index in [1.165, 1.54) is 42.6 Å². The van der Waals surface area contributed by atoms with Crippen LogP contribution in [0.2, 0.25) is 0 Å². The van der Waals surface area contributed by atoms with Gasteiger partial charge in [-0.25, -0.2) is 4.98 Å². The molecule has 0 aliphatic carbocycles. The van der Waals surface area contributed by atoms with Gasteiger partial charge in [-0.2, -0.15) is 0 Å². The number of hydrogen-bond acceptors (Lipinski definition) is 5. The smallest absolute Gasteiger partial charge is 0.181 e. The van der Waals surface area contributed by atoms with Crippen molar-refractivity contribution in [3.8, 4) is 0 Å². The summed E-state index contributed by atoms with van der Waals surface area (Å²) in [5, 5.41) is 0.663. The maximum atomic E-state index is 5.79. The number of likely N-dealkylation sites (N-methyl/N-ethyl adjacent to an activating group) is 1. The van der Waals surface area contributed by atoms with Gasteiger partial charge in [0, 0.05) is 31.7 Å². The van der Waals surface area contributed by atoms with Crippen molar-refractivity contribution in [2.45, 2.75) is 37.9 Å². The van der Waals surface area contributed by atoms with Crippen molar-refractivity contribution in [2.24, 2.45) is 0 Å². The Morgan fingerprint density at radius 3 is 3.05 bits per heavy atom. The molecule has 0 saturated carbocycles. The monoisotopic (exact) mass is 302 g/mol. The second kappa shape index (κ2) is 5.23. The average molecular weight is 302 g/mol. The number of nitrogens with zero attached hydrogens (tertiary/aromatic N) is 3. The van der Waals surface area contributed by atoms with E-state index in [1.807, 2.05) is 0 Å². The number of aromatic nitrogens is 1. The van der Waals surface area contributed by atoms with E-state index in [0.29, 0.717) is 5.13 Å². The molecule has 2 saturated heterocycles. The molecule has 2 aliphatic heterocycles. The molecule has 2 atom stereocenters. The summed E-state index contributed by atoms with van der Waals surface area (Å²) >= 11 is 1.58. The van der Waals surface area contributed by atoms with Crippen molar-refractivity contribution in [3.05, 3.63) is 23.8 Å². The highest BCUT2D eigenvalue weighted by Gasteiger charge is 2.34. The summed E-state index contributed by atoms with van der Waals surface area (Å²) in [7, 11) is 2.30. The van der Waals surface area contributed by atoms with Crippen LogP contribution in [0.25, 0.3) is 10.2 Å². The first kappa shape index (κ1) is 13.5. The standard InChI is InChI=1S/C16H22N4S/c1-19-12-3-4-13(19)10-20(7-6-12)9-11-2-5-14-15(8-11)21-16(17)18-14/h2,5,8,12-13H,3-4,6-7,9-10H2,1H3,(H2,17,18). The lowest BCUT2D eigenvalue weighted by molar-refractivity contribution is 0.214. The SMILES string of the molecule is CN1C2CCC1CN(Cc1ccc3nc(N)sc3c1)CC2. The highest BCUT2D eigenvalue weighted by Crippen LogP contribution is 2.30. The Balaban J connectivity index is 1.51. The van der Waals surface area contributed by atoms with Gasteiger partial charge in [0.2, 0.25) is 0 Å². The molecule has 2 aliphatic rings. The van der Waals surface area contributed by atoms with Crippen LogP contribution in [0.15, 0.2) is 18.2 Å². The number of rotatable bonds is 2. The number of nitrogen functional groups attached to an aromatic ring is 1. The van der Waals surface area contributed by atoms with Crippen LogP contribution in [-0.4, -0.2) is 47.0 Å². The Morgan fingerprint density at radius 2 is 2.14 bits per heavy atom. The van der Waals surface area contributed by atoms with Gasteiger partial charge in [-0.3, -0.25) is 9.80 Å². The zero-order chi connectivity index (χ0) is 14.4. The first-order valence-electron chi connectivity index (χ1n) is 7.78. The molecule has 4 rings (SSSR count). The number of fused-ring (bicyclic) bond motifs is 3. The summed E-state index contributed by atoms with van der Waals surface area (Å²) < 4.78 is 1.21. The summed E-state index contributed by atoms with van der Waals surface area (Å²) in [6.45, 7) is 3.47. The van der Waals surface area contributed by atoms with E-state index in [9.17, 15) is 0 Å². The Morgan fingerprint density at radius 1 is 1.29 bits per heavy atom. The van der Waals surface area contributed by atoms with Crippen molar-refractivity contribution in [1.29, 1.82) is 0 Å². The van der Waals surface area contributed by atoms with E-state index in [4.69, 9.17) is 5.73 Å². The predicted molar refractivity (Wildman–Crippen MR) is 88.5 cm³/mol. The molecular formula is C16H22N4S. The van der Waals surface area contributed by atoms with E-state index < -0.39 is 0 Å². The molecule has 2 fully saturated rings. The summed E-state index contributed by atoms with van der Waals surface area (Å²) in [6.07, 6.45) is 4.06. The van der Waals surface area contributed by atoms with Crippen molar-refractivity contribution >= 4 is 26.7 Å². The highest BCUT2D eigenvalue weighted by molar-refractivity contribution is 7.22. The Labute approximate surface area is 129 Å². The van der Waals surface area contributed by atoms with Gasteiger partial charge in [0.1, 0.15) is 0 Å². The summed E-state index contributed by atoms with van der Waals surface area (Å²) in [6, 6.07) is 8.13. The van der Waals surface area contributed by atoms with Crippen LogP contribution in [0, 0.1) is 0 Å². The number of hydrogen-bond donors (Lipinski definition) is 1. The van der Waals surface area contributed by atoms with Crippen LogP contribution in [0.4, 0.5) is 5.13 Å². The minimum absolute atomic E-state index is 0.663. The van der Waals surface area contributed by atoms with Crippen LogP contribution >= 0.6 is 11.3 Å². The molecule has 112 valence electrons. The molecule has 21 heavy (non-hydrogen) atoms. The number of likely N-dealkylation sites (tertiary alicyclic amines) is 1. The van der Waals surface area contributed by atoms with Gasteiger partial charge in [-0.05, 0) is 44.0 Å². The first-order valence-corrected chi connectivity index (χ1v) is 8.60. The number of benzene rings is 1. The molecular weight excluding hydrogens is 280 g/mol. The van der Waals surface area contributed by atoms with Crippen molar-refractivity contribution in [3.63, 3.8) is 0 Å². The molecule has 2 N–H and O–H groups in total. The molecule has 3 heterocycles. The van der Waals surface area contributed by atoms with Crippen molar-refractivity contribution in [1.82, 2.24) is 14.8 Å². The number of anilines is 1. The van der Waals surface area contributed by atoms with E-state index in [0.717, 1.165) is 24.1 Å². The number of nitrogens with two attached hydrogens (primary N) is 1. The molecule has 2 unspecified atom stereocenters. The average Bonchev–Trinajstić information content (AvgIpc) is 2.92. The van der Waals surface area contributed by atoms with E-state index in [-0.39, 0.29) is 0 Å². The van der Waals surface area contributed by atoms with Gasteiger partial charge in [0.15, 0.2) is 5.13 Å². The predicted octanol–water partition coefficient (Wildman–Crippen LogP) is 2.55. The zero-order valence-electron chi connectivity index (χ0n) is 12.5.